The third kappa shape index (κ3) is 3.34. The lowest BCUT2D eigenvalue weighted by Gasteiger charge is -2.47. The van der Waals surface area contributed by atoms with E-state index in [4.69, 9.17) is 9.47 Å². The second kappa shape index (κ2) is 8.17. The molecule has 37 heavy (non-hydrogen) atoms. The zero-order valence-corrected chi connectivity index (χ0v) is 22.1. The number of allylic oxidation sites excluding steroid dienone is 2. The standard InChI is InChI=1S/C32H32N2O3/c1-21-12-13-24(22(2)17-21)20-36-29(35)33-26-19-27-25(18-23(26)3)32-30(4)14-9-7-6-8-11-28(34(27)5)31(32,37-32)16-10-15-30/h6-7,12-13,17-19,28H,10,15-16,20H2,1-5H3,(H,33,35)/b7-6-/t28-,30+,31?,32?/m0/s1. The predicted molar refractivity (Wildman–Crippen MR) is 145 cm³/mol. The minimum atomic E-state index is -0.510. The van der Waals surface area contributed by atoms with Crippen LogP contribution in [0.3, 0.4) is 0 Å². The number of amides is 1. The van der Waals surface area contributed by atoms with E-state index in [1.54, 1.807) is 0 Å². The van der Waals surface area contributed by atoms with Gasteiger partial charge in [0.1, 0.15) is 23.9 Å². The molecular weight excluding hydrogens is 460 g/mol. The van der Waals surface area contributed by atoms with Crippen LogP contribution in [0.4, 0.5) is 16.2 Å². The first-order chi connectivity index (χ1) is 17.7. The molecule has 188 valence electrons. The van der Waals surface area contributed by atoms with Crippen LogP contribution in [0, 0.1) is 49.9 Å². The molecule has 4 aliphatic rings. The number of carbonyl (C=O) groups excluding carboxylic acids is 1. The molecule has 1 N–H and O–H groups in total. The van der Waals surface area contributed by atoms with E-state index in [0.717, 1.165) is 52.9 Å². The Bertz CT molecular complexity index is 1490. The summed E-state index contributed by atoms with van der Waals surface area (Å²) in [6.07, 6.45) is 6.19. The molecule has 0 spiro atoms. The van der Waals surface area contributed by atoms with E-state index in [1.165, 1.54) is 5.56 Å². The SMILES string of the molecule is Cc1ccc(COC(=O)Nc2cc3c(cc2C)C24OC25CCC[C@@]4(C)C#C/C=C\C#C[C@@H]5N3C)c(C)c1. The molecule has 0 aromatic heterocycles. The van der Waals surface area contributed by atoms with Crippen LogP contribution in [0.1, 0.15) is 54.0 Å². The summed E-state index contributed by atoms with van der Waals surface area (Å²) in [6, 6.07) is 10.2. The lowest BCUT2D eigenvalue weighted by Crippen LogP contribution is -2.56. The van der Waals surface area contributed by atoms with Crippen molar-refractivity contribution in [3.8, 4) is 23.7 Å². The average Bonchev–Trinajstić information content (AvgIpc) is 3.56. The molecule has 5 nitrogen and oxygen atoms in total. The molecule has 2 fully saturated rings. The van der Waals surface area contributed by atoms with Crippen molar-refractivity contribution >= 4 is 17.5 Å². The van der Waals surface area contributed by atoms with Crippen molar-refractivity contribution in [3.63, 3.8) is 0 Å². The predicted octanol–water partition coefficient (Wildman–Crippen LogP) is 5.91. The second-order valence-electron chi connectivity index (χ2n) is 11.1. The van der Waals surface area contributed by atoms with Crippen molar-refractivity contribution in [2.75, 3.05) is 17.3 Å². The Morgan fingerprint density at radius 2 is 1.95 bits per heavy atom. The largest absolute Gasteiger partial charge is 0.444 e. The van der Waals surface area contributed by atoms with Gasteiger partial charge in [0.05, 0.1) is 5.41 Å². The third-order valence-electron chi connectivity index (χ3n) is 8.73. The number of rotatable bonds is 3. The highest BCUT2D eigenvalue weighted by Gasteiger charge is 2.84. The van der Waals surface area contributed by atoms with Gasteiger partial charge in [0, 0.05) is 24.0 Å². The van der Waals surface area contributed by atoms with Gasteiger partial charge in [-0.15, -0.1) is 0 Å². The van der Waals surface area contributed by atoms with E-state index < -0.39 is 11.7 Å². The zero-order chi connectivity index (χ0) is 26.0. The highest BCUT2D eigenvalue weighted by Crippen LogP contribution is 2.75. The first kappa shape index (κ1) is 23.7. The summed E-state index contributed by atoms with van der Waals surface area (Å²) >= 11 is 0. The molecule has 0 radical (unpaired) electrons. The highest BCUT2D eigenvalue weighted by molar-refractivity contribution is 5.88. The van der Waals surface area contributed by atoms with Crippen molar-refractivity contribution in [3.05, 3.63) is 70.3 Å². The lowest BCUT2D eigenvalue weighted by molar-refractivity contribution is 0.155. The van der Waals surface area contributed by atoms with Gasteiger partial charge in [-0.25, -0.2) is 4.79 Å². The Morgan fingerprint density at radius 3 is 2.76 bits per heavy atom. The molecule has 2 heterocycles. The number of hydrogen-bond acceptors (Lipinski definition) is 4. The van der Waals surface area contributed by atoms with Gasteiger partial charge in [-0.05, 0) is 87.9 Å². The number of anilines is 2. The molecule has 2 aromatic rings. The summed E-state index contributed by atoms with van der Waals surface area (Å²) in [7, 11) is 2.07. The smallest absolute Gasteiger partial charge is 0.411 e. The zero-order valence-electron chi connectivity index (χ0n) is 22.1. The second-order valence-corrected chi connectivity index (χ2v) is 11.1. The van der Waals surface area contributed by atoms with Gasteiger partial charge >= 0.3 is 6.09 Å². The number of nitrogens with zero attached hydrogens (tertiary/aromatic N) is 1. The van der Waals surface area contributed by atoms with E-state index in [2.05, 4.69) is 66.9 Å². The van der Waals surface area contributed by atoms with Gasteiger partial charge in [-0.1, -0.05) is 47.4 Å². The maximum atomic E-state index is 12.8. The maximum Gasteiger partial charge on any atom is 0.411 e. The van der Waals surface area contributed by atoms with Crippen molar-refractivity contribution in [2.45, 2.75) is 70.8 Å². The Balaban J connectivity index is 1.35. The molecule has 2 aliphatic carbocycles. The molecule has 5 heteroatoms. The van der Waals surface area contributed by atoms with Crippen LogP contribution in [-0.2, 0) is 21.7 Å². The average molecular weight is 493 g/mol. The fraction of sp³-hybridized carbons (Fsp3) is 0.406. The van der Waals surface area contributed by atoms with Gasteiger partial charge in [0.2, 0.25) is 0 Å². The van der Waals surface area contributed by atoms with E-state index in [-0.39, 0.29) is 23.7 Å². The fourth-order valence-electron chi connectivity index (χ4n) is 6.83. The highest BCUT2D eigenvalue weighted by atomic mass is 16.6. The number of benzene rings is 2. The van der Waals surface area contributed by atoms with Crippen LogP contribution in [0.15, 0.2) is 42.5 Å². The van der Waals surface area contributed by atoms with E-state index >= 15 is 0 Å². The normalized spacial score (nSPS) is 30.8. The molecule has 1 saturated heterocycles. The molecule has 2 aromatic carbocycles. The van der Waals surface area contributed by atoms with Crippen LogP contribution in [0.25, 0.3) is 0 Å². The minimum Gasteiger partial charge on any atom is -0.444 e. The number of nitrogens with one attached hydrogen (secondary N) is 1. The molecule has 6 rings (SSSR count). The quantitative estimate of drug-likeness (QED) is 0.428. The van der Waals surface area contributed by atoms with Gasteiger partial charge in [0.15, 0.2) is 0 Å². The van der Waals surface area contributed by atoms with Gasteiger partial charge in [-0.3, -0.25) is 5.32 Å². The van der Waals surface area contributed by atoms with Crippen LogP contribution >= 0.6 is 0 Å². The van der Waals surface area contributed by atoms with Crippen molar-refractivity contribution in [1.29, 1.82) is 0 Å². The summed E-state index contributed by atoms with van der Waals surface area (Å²) in [5.41, 5.74) is 5.93. The number of likely N-dealkylation sites (N-methyl/N-ethyl adjacent to an activating group) is 1. The van der Waals surface area contributed by atoms with Crippen molar-refractivity contribution < 1.29 is 14.3 Å². The van der Waals surface area contributed by atoms with Crippen LogP contribution in [0.5, 0.6) is 0 Å². The van der Waals surface area contributed by atoms with E-state index in [0.29, 0.717) is 0 Å². The summed E-state index contributed by atoms with van der Waals surface area (Å²) in [4.78, 5) is 15.0. The molecule has 2 unspecified atom stereocenters. The van der Waals surface area contributed by atoms with Gasteiger partial charge in [-0.2, -0.15) is 0 Å². The first-order valence-electron chi connectivity index (χ1n) is 13.0. The molecule has 4 atom stereocenters. The number of ether oxygens (including phenoxy) is 2. The van der Waals surface area contributed by atoms with E-state index in [1.807, 2.05) is 44.2 Å². The van der Waals surface area contributed by atoms with Crippen LogP contribution < -0.4 is 10.2 Å². The summed E-state index contributed by atoms with van der Waals surface area (Å²) in [5.74, 6) is 13.4. The third-order valence-corrected chi connectivity index (χ3v) is 8.73. The molecule has 1 amide bonds. The van der Waals surface area contributed by atoms with Crippen molar-refractivity contribution in [1.82, 2.24) is 0 Å². The maximum absolute atomic E-state index is 12.8. The summed E-state index contributed by atoms with van der Waals surface area (Å²) in [5, 5.41) is 2.98. The fourth-order valence-corrected chi connectivity index (χ4v) is 6.83. The Labute approximate surface area is 219 Å². The number of epoxide rings is 1. The summed E-state index contributed by atoms with van der Waals surface area (Å²) in [6.45, 7) is 8.57. The molecule has 4 bridgehead atoms. The Morgan fingerprint density at radius 1 is 1.14 bits per heavy atom. The van der Waals surface area contributed by atoms with Gasteiger partial charge in [0.25, 0.3) is 0 Å². The minimum absolute atomic E-state index is 0.101. The monoisotopic (exact) mass is 492 g/mol. The molecule has 2 aliphatic heterocycles. The summed E-state index contributed by atoms with van der Waals surface area (Å²) < 4.78 is 12.5. The van der Waals surface area contributed by atoms with Crippen LogP contribution in [0.2, 0.25) is 0 Å². The number of hydrogen-bond donors (Lipinski definition) is 1. The lowest BCUT2D eigenvalue weighted by atomic mass is 9.56. The number of fused-ring (bicyclic) bond motifs is 1. The number of carbonyl (C=O) groups is 1. The molecular formula is C32H32N2O3. The molecule has 1 saturated carbocycles. The van der Waals surface area contributed by atoms with Crippen LogP contribution in [-0.4, -0.2) is 24.8 Å². The van der Waals surface area contributed by atoms with Crippen molar-refractivity contribution in [2.24, 2.45) is 5.41 Å². The first-order valence-corrected chi connectivity index (χ1v) is 13.0. The Hall–Kier alpha value is -3.67. The van der Waals surface area contributed by atoms with Gasteiger partial charge < -0.3 is 14.4 Å². The topological polar surface area (TPSA) is 54.1 Å². The Kier molecular flexibility index (Phi) is 5.23. The van der Waals surface area contributed by atoms with E-state index in [9.17, 15) is 4.79 Å². The number of aryl methyl sites for hydroxylation is 3.